The van der Waals surface area contributed by atoms with Crippen LogP contribution in [0.4, 0.5) is 9.93 Å². The summed E-state index contributed by atoms with van der Waals surface area (Å²) in [6, 6.07) is 3.41. The van der Waals surface area contributed by atoms with E-state index in [4.69, 9.17) is 0 Å². The lowest BCUT2D eigenvalue weighted by Crippen LogP contribution is -2.31. The number of aromatic nitrogens is 2. The third-order valence-corrected chi connectivity index (χ3v) is 2.90. The zero-order chi connectivity index (χ0) is 12.1. The Hall–Kier alpha value is -1.95. The van der Waals surface area contributed by atoms with Crippen molar-refractivity contribution in [2.45, 2.75) is 13.0 Å². The lowest BCUT2D eigenvalue weighted by molar-refractivity contribution is 0.249. The molecular formula is C11H12N4OS. The summed E-state index contributed by atoms with van der Waals surface area (Å²) in [5.41, 5.74) is 1.01. The predicted molar refractivity (Wildman–Crippen MR) is 66.9 cm³/mol. The van der Waals surface area contributed by atoms with Gasteiger partial charge in [0.1, 0.15) is 0 Å². The second kappa shape index (κ2) is 5.40. The first-order valence-electron chi connectivity index (χ1n) is 5.12. The second-order valence-electron chi connectivity index (χ2n) is 3.44. The van der Waals surface area contributed by atoms with Crippen LogP contribution in [0.15, 0.2) is 36.1 Å². The molecule has 17 heavy (non-hydrogen) atoms. The molecule has 0 fully saturated rings. The maximum absolute atomic E-state index is 11.6. The Morgan fingerprint density at radius 3 is 2.76 bits per heavy atom. The molecule has 2 aromatic heterocycles. The first-order chi connectivity index (χ1) is 8.25. The minimum atomic E-state index is -0.260. The second-order valence-corrected chi connectivity index (χ2v) is 4.33. The van der Waals surface area contributed by atoms with Crippen LogP contribution < -0.4 is 10.6 Å². The van der Waals surface area contributed by atoms with E-state index in [-0.39, 0.29) is 12.1 Å². The van der Waals surface area contributed by atoms with Gasteiger partial charge >= 0.3 is 6.03 Å². The molecule has 0 aliphatic carbocycles. The van der Waals surface area contributed by atoms with Gasteiger partial charge in [0, 0.05) is 24.0 Å². The van der Waals surface area contributed by atoms with Gasteiger partial charge < -0.3 is 5.32 Å². The molecule has 2 heterocycles. The Bertz CT molecular complexity index is 471. The van der Waals surface area contributed by atoms with E-state index in [0.717, 1.165) is 5.56 Å². The van der Waals surface area contributed by atoms with Gasteiger partial charge in [0.05, 0.1) is 6.04 Å². The minimum absolute atomic E-state index is 0.0713. The van der Waals surface area contributed by atoms with E-state index in [0.29, 0.717) is 5.13 Å². The number of nitrogens with zero attached hydrogens (tertiary/aromatic N) is 2. The molecule has 0 saturated carbocycles. The topological polar surface area (TPSA) is 66.9 Å². The average Bonchev–Trinajstić information content (AvgIpc) is 2.82. The monoisotopic (exact) mass is 248 g/mol. The van der Waals surface area contributed by atoms with Gasteiger partial charge in [0.2, 0.25) is 0 Å². The first-order valence-corrected chi connectivity index (χ1v) is 6.00. The fourth-order valence-corrected chi connectivity index (χ4v) is 1.87. The highest BCUT2D eigenvalue weighted by Gasteiger charge is 2.09. The molecule has 0 bridgehead atoms. The van der Waals surface area contributed by atoms with Crippen molar-refractivity contribution in [1.82, 2.24) is 15.3 Å². The van der Waals surface area contributed by atoms with Crippen LogP contribution in [0.3, 0.4) is 0 Å². The summed E-state index contributed by atoms with van der Waals surface area (Å²) < 4.78 is 0. The number of amides is 2. The van der Waals surface area contributed by atoms with Gasteiger partial charge in [-0.05, 0) is 24.6 Å². The van der Waals surface area contributed by atoms with Gasteiger partial charge in [-0.15, -0.1) is 11.3 Å². The van der Waals surface area contributed by atoms with E-state index in [1.165, 1.54) is 11.3 Å². The quantitative estimate of drug-likeness (QED) is 0.876. The van der Waals surface area contributed by atoms with Crippen LogP contribution in [0.1, 0.15) is 18.5 Å². The van der Waals surface area contributed by atoms with Crippen molar-refractivity contribution in [3.63, 3.8) is 0 Å². The van der Waals surface area contributed by atoms with E-state index in [9.17, 15) is 4.79 Å². The Morgan fingerprint density at radius 2 is 2.12 bits per heavy atom. The number of urea groups is 1. The number of hydrogen-bond donors (Lipinski definition) is 2. The standard InChI is InChI=1S/C11H12N4OS/c1-8(9-2-4-12-5-3-9)14-10(16)15-11-13-6-7-17-11/h2-8H,1H3,(H2,13,14,15,16)/t8-/m1/s1. The number of thiazole rings is 1. The number of carbonyl (C=O) groups is 1. The average molecular weight is 248 g/mol. The Morgan fingerprint density at radius 1 is 1.35 bits per heavy atom. The minimum Gasteiger partial charge on any atom is -0.331 e. The number of nitrogens with one attached hydrogen (secondary N) is 2. The van der Waals surface area contributed by atoms with Gasteiger partial charge in [-0.2, -0.15) is 0 Å². The molecule has 0 saturated heterocycles. The van der Waals surface area contributed by atoms with Crippen molar-refractivity contribution in [1.29, 1.82) is 0 Å². The van der Waals surface area contributed by atoms with Crippen LogP contribution in [0.2, 0.25) is 0 Å². The summed E-state index contributed by atoms with van der Waals surface area (Å²) in [4.78, 5) is 19.5. The molecule has 88 valence electrons. The van der Waals surface area contributed by atoms with E-state index < -0.39 is 0 Å². The van der Waals surface area contributed by atoms with Crippen molar-refractivity contribution in [2.75, 3.05) is 5.32 Å². The number of pyridine rings is 1. The number of anilines is 1. The van der Waals surface area contributed by atoms with Gasteiger partial charge in [-0.25, -0.2) is 9.78 Å². The summed E-state index contributed by atoms with van der Waals surface area (Å²) in [6.45, 7) is 1.91. The molecule has 2 rings (SSSR count). The van der Waals surface area contributed by atoms with Crippen LogP contribution in [0, 0.1) is 0 Å². The van der Waals surface area contributed by atoms with Gasteiger partial charge in [0.15, 0.2) is 5.13 Å². The zero-order valence-electron chi connectivity index (χ0n) is 9.25. The summed E-state index contributed by atoms with van der Waals surface area (Å²) in [7, 11) is 0. The molecule has 0 aliphatic rings. The molecule has 2 amide bonds. The normalized spacial score (nSPS) is 11.8. The highest BCUT2D eigenvalue weighted by molar-refractivity contribution is 7.13. The Kier molecular flexibility index (Phi) is 3.66. The van der Waals surface area contributed by atoms with E-state index in [1.807, 2.05) is 24.4 Å². The molecular weight excluding hydrogens is 236 g/mol. The van der Waals surface area contributed by atoms with Crippen molar-refractivity contribution in [3.05, 3.63) is 41.7 Å². The number of carbonyl (C=O) groups excluding carboxylic acids is 1. The van der Waals surface area contributed by atoms with Crippen molar-refractivity contribution in [2.24, 2.45) is 0 Å². The van der Waals surface area contributed by atoms with Crippen molar-refractivity contribution in [3.8, 4) is 0 Å². The molecule has 5 nitrogen and oxygen atoms in total. The molecule has 1 atom stereocenters. The Balaban J connectivity index is 1.91. The summed E-state index contributed by atoms with van der Waals surface area (Å²) in [6.07, 6.45) is 5.05. The molecule has 6 heteroatoms. The zero-order valence-corrected chi connectivity index (χ0v) is 10.1. The van der Waals surface area contributed by atoms with Gasteiger partial charge in [-0.3, -0.25) is 10.3 Å². The van der Waals surface area contributed by atoms with Crippen molar-refractivity contribution >= 4 is 22.5 Å². The highest BCUT2D eigenvalue weighted by atomic mass is 32.1. The predicted octanol–water partition coefficient (Wildman–Crippen LogP) is 2.42. The summed E-state index contributed by atoms with van der Waals surface area (Å²) in [5, 5.41) is 7.88. The molecule has 0 radical (unpaired) electrons. The molecule has 0 aliphatic heterocycles. The fraction of sp³-hybridized carbons (Fsp3) is 0.182. The van der Waals surface area contributed by atoms with E-state index >= 15 is 0 Å². The fourth-order valence-electron chi connectivity index (χ4n) is 1.35. The van der Waals surface area contributed by atoms with Gasteiger partial charge in [-0.1, -0.05) is 0 Å². The number of hydrogen-bond acceptors (Lipinski definition) is 4. The lowest BCUT2D eigenvalue weighted by Gasteiger charge is -2.13. The molecule has 2 aromatic rings. The maximum atomic E-state index is 11.6. The number of rotatable bonds is 3. The van der Waals surface area contributed by atoms with Crippen LogP contribution in [0.25, 0.3) is 0 Å². The third kappa shape index (κ3) is 3.25. The molecule has 0 aromatic carbocycles. The highest BCUT2D eigenvalue weighted by Crippen LogP contribution is 2.12. The molecule has 0 spiro atoms. The largest absolute Gasteiger partial charge is 0.331 e. The van der Waals surface area contributed by atoms with E-state index in [2.05, 4.69) is 20.6 Å². The lowest BCUT2D eigenvalue weighted by atomic mass is 10.1. The van der Waals surface area contributed by atoms with Crippen LogP contribution in [-0.2, 0) is 0 Å². The van der Waals surface area contributed by atoms with Crippen LogP contribution in [0.5, 0.6) is 0 Å². The third-order valence-electron chi connectivity index (χ3n) is 2.21. The SMILES string of the molecule is C[C@@H](NC(=O)Nc1nccs1)c1ccncc1. The molecule has 0 unspecified atom stereocenters. The van der Waals surface area contributed by atoms with Crippen molar-refractivity contribution < 1.29 is 4.79 Å². The first kappa shape index (κ1) is 11.5. The maximum Gasteiger partial charge on any atom is 0.321 e. The smallest absolute Gasteiger partial charge is 0.321 e. The van der Waals surface area contributed by atoms with Crippen LogP contribution in [-0.4, -0.2) is 16.0 Å². The molecule has 2 N–H and O–H groups in total. The Labute approximate surface area is 103 Å². The van der Waals surface area contributed by atoms with Crippen LogP contribution >= 0.6 is 11.3 Å². The van der Waals surface area contributed by atoms with E-state index in [1.54, 1.807) is 18.6 Å². The summed E-state index contributed by atoms with van der Waals surface area (Å²) >= 11 is 1.38. The summed E-state index contributed by atoms with van der Waals surface area (Å²) in [5.74, 6) is 0. The van der Waals surface area contributed by atoms with Gasteiger partial charge in [0.25, 0.3) is 0 Å².